The number of para-hydroxylation sites is 1. The van der Waals surface area contributed by atoms with Crippen molar-refractivity contribution in [2.45, 2.75) is 0 Å². The van der Waals surface area contributed by atoms with Crippen LogP contribution < -0.4 is 0 Å². The number of fused-ring (bicyclic) bond motifs is 3. The van der Waals surface area contributed by atoms with Gasteiger partial charge < -0.3 is 0 Å². The van der Waals surface area contributed by atoms with Crippen LogP contribution in [0, 0.1) is 22.1 Å². The molecule has 4 heteroatoms. The van der Waals surface area contributed by atoms with Crippen LogP contribution in [0.4, 0.5) is 0 Å². The maximum Gasteiger partial charge on any atom is 0.0991 e. The lowest BCUT2D eigenvalue weighted by Gasteiger charge is -2.19. The molecule has 0 saturated carbocycles. The van der Waals surface area contributed by atoms with Gasteiger partial charge in [-0.1, -0.05) is 78.9 Å². The van der Waals surface area contributed by atoms with E-state index in [1.54, 1.807) is 6.08 Å². The molecule has 0 atom stereocenters. The van der Waals surface area contributed by atoms with Crippen LogP contribution >= 0.6 is 0 Å². The highest BCUT2D eigenvalue weighted by Gasteiger charge is 2.22. The summed E-state index contributed by atoms with van der Waals surface area (Å²) in [6, 6.07) is 34.3. The predicted molar refractivity (Wildman–Crippen MR) is 146 cm³/mol. The van der Waals surface area contributed by atoms with Gasteiger partial charge in [-0.15, -0.1) is 0 Å². The summed E-state index contributed by atoms with van der Waals surface area (Å²) in [5.41, 5.74) is 9.76. The van der Waals surface area contributed by atoms with E-state index in [0.717, 1.165) is 55.5 Å². The summed E-state index contributed by atoms with van der Waals surface area (Å²) in [5, 5.41) is 26.6. The van der Waals surface area contributed by atoms with Crippen molar-refractivity contribution in [2.24, 2.45) is 0 Å². The van der Waals surface area contributed by atoms with Crippen molar-refractivity contribution < 1.29 is 0 Å². The van der Waals surface area contributed by atoms with Crippen molar-refractivity contribution in [1.82, 2.24) is 4.98 Å². The molecule has 168 valence electrons. The molecule has 0 radical (unpaired) electrons. The second-order valence-corrected chi connectivity index (χ2v) is 8.73. The lowest BCUT2D eigenvalue weighted by Crippen LogP contribution is -2.17. The molecule has 0 unspecified atom stereocenters. The van der Waals surface area contributed by atoms with E-state index in [1.807, 2.05) is 54.6 Å². The first-order chi connectivity index (χ1) is 17.6. The minimum Gasteiger partial charge on any atom is -0.299 e. The third-order valence-corrected chi connectivity index (χ3v) is 6.59. The predicted octanol–water partition coefficient (Wildman–Crippen LogP) is 7.52. The van der Waals surface area contributed by atoms with E-state index in [4.69, 9.17) is 21.1 Å². The number of aromatic nitrogens is 1. The Morgan fingerprint density at radius 2 is 1.14 bits per heavy atom. The van der Waals surface area contributed by atoms with Gasteiger partial charge in [0.1, 0.15) is 0 Å². The largest absolute Gasteiger partial charge is 0.299 e. The molecule has 1 aliphatic carbocycles. The van der Waals surface area contributed by atoms with E-state index in [9.17, 15) is 0 Å². The van der Waals surface area contributed by atoms with Crippen molar-refractivity contribution in [3.8, 4) is 39.6 Å². The summed E-state index contributed by atoms with van der Waals surface area (Å²) in [4.78, 5) is 4.94. The van der Waals surface area contributed by atoms with Crippen LogP contribution in [0.2, 0.25) is 0 Å². The summed E-state index contributed by atoms with van der Waals surface area (Å²) in [6.45, 7) is 0. The van der Waals surface area contributed by atoms with Gasteiger partial charge in [-0.05, 0) is 52.6 Å². The van der Waals surface area contributed by atoms with Gasteiger partial charge in [0, 0.05) is 22.1 Å². The number of allylic oxidation sites excluding steroid dienone is 1. The number of nitrogens with one attached hydrogen (secondary N) is 2. The zero-order valence-corrected chi connectivity index (χ0v) is 19.3. The van der Waals surface area contributed by atoms with Crippen molar-refractivity contribution >= 4 is 28.4 Å². The molecule has 1 heterocycles. The molecule has 0 bridgehead atoms. The highest BCUT2D eigenvalue weighted by molar-refractivity contribution is 6.54. The van der Waals surface area contributed by atoms with Gasteiger partial charge in [-0.2, -0.15) is 5.26 Å². The summed E-state index contributed by atoms with van der Waals surface area (Å²) >= 11 is 0. The molecule has 0 fully saturated rings. The van der Waals surface area contributed by atoms with Crippen LogP contribution in [-0.2, 0) is 0 Å². The molecule has 1 aliphatic rings. The fraction of sp³-hybridized carbons (Fsp3) is 0. The molecule has 2 N–H and O–H groups in total. The second-order valence-electron chi connectivity index (χ2n) is 8.73. The maximum absolute atomic E-state index is 9.01. The van der Waals surface area contributed by atoms with Crippen LogP contribution in [0.5, 0.6) is 0 Å². The lowest BCUT2D eigenvalue weighted by atomic mass is 9.88. The van der Waals surface area contributed by atoms with Crippen molar-refractivity contribution in [2.75, 3.05) is 0 Å². The van der Waals surface area contributed by atoms with Crippen molar-refractivity contribution in [3.05, 3.63) is 120 Å². The Kier molecular flexibility index (Phi) is 5.10. The zero-order valence-electron chi connectivity index (χ0n) is 19.3. The van der Waals surface area contributed by atoms with Crippen LogP contribution in [0.25, 0.3) is 50.5 Å². The second kappa shape index (κ2) is 8.57. The molecule has 4 nitrogen and oxygen atoms in total. The minimum atomic E-state index is 0.213. The molecule has 0 amide bonds. The van der Waals surface area contributed by atoms with E-state index in [-0.39, 0.29) is 11.4 Å². The molecule has 5 aromatic rings. The van der Waals surface area contributed by atoms with E-state index < -0.39 is 0 Å². The Balaban J connectivity index is 1.36. The Labute approximate surface area is 208 Å². The van der Waals surface area contributed by atoms with Crippen LogP contribution in [0.3, 0.4) is 0 Å². The van der Waals surface area contributed by atoms with Crippen molar-refractivity contribution in [1.29, 1.82) is 16.1 Å². The molecular formula is C32H20N4. The average Bonchev–Trinajstić information content (AvgIpc) is 2.94. The number of hydrogen-bond donors (Lipinski definition) is 2. The fourth-order valence-corrected chi connectivity index (χ4v) is 4.68. The van der Waals surface area contributed by atoms with Crippen LogP contribution in [0.1, 0.15) is 16.7 Å². The van der Waals surface area contributed by atoms with E-state index in [1.165, 1.54) is 0 Å². The summed E-state index contributed by atoms with van der Waals surface area (Å²) < 4.78 is 0. The number of benzene rings is 4. The first-order valence-corrected chi connectivity index (χ1v) is 11.6. The molecule has 4 aromatic carbocycles. The summed E-state index contributed by atoms with van der Waals surface area (Å²) in [7, 11) is 0. The smallest absolute Gasteiger partial charge is 0.0991 e. The van der Waals surface area contributed by atoms with Gasteiger partial charge in [0.2, 0.25) is 0 Å². The van der Waals surface area contributed by atoms with Crippen LogP contribution in [-0.4, -0.2) is 16.4 Å². The normalized spacial score (nSPS) is 12.4. The Hall–Kier alpha value is -5.14. The SMILES string of the molecule is N#Cc1ccc(-c2ccc(-c3ccc(-c4nc5ccccc5c5c4C=CC(=N)C5=N)cc3)cc2)cc1. The lowest BCUT2D eigenvalue weighted by molar-refractivity contribution is 1.36. The maximum atomic E-state index is 9.01. The fourth-order valence-electron chi connectivity index (χ4n) is 4.68. The molecule has 0 spiro atoms. The standard InChI is InChI=1S/C32H20N4/c33-19-20-5-7-21(8-6-20)22-9-11-23(12-10-22)24-13-15-25(16-14-24)32-27-17-18-28(34)31(35)30(27)26-3-1-2-4-29(26)36-32/h1-18,34-35H. The van der Waals surface area contributed by atoms with Gasteiger partial charge in [-0.25, -0.2) is 4.98 Å². The number of nitriles is 1. The van der Waals surface area contributed by atoms with Gasteiger partial charge in [0.25, 0.3) is 0 Å². The zero-order chi connectivity index (χ0) is 24.6. The van der Waals surface area contributed by atoms with Gasteiger partial charge in [-0.3, -0.25) is 10.8 Å². The summed E-state index contributed by atoms with van der Waals surface area (Å²) in [5.74, 6) is 0. The minimum absolute atomic E-state index is 0.213. The first kappa shape index (κ1) is 21.4. The summed E-state index contributed by atoms with van der Waals surface area (Å²) in [6.07, 6.45) is 3.58. The average molecular weight is 461 g/mol. The van der Waals surface area contributed by atoms with E-state index in [0.29, 0.717) is 5.56 Å². The Morgan fingerprint density at radius 1 is 0.611 bits per heavy atom. The molecular weight excluding hydrogens is 440 g/mol. The number of rotatable bonds is 3. The molecule has 0 aliphatic heterocycles. The number of nitrogens with zero attached hydrogens (tertiary/aromatic N) is 2. The quantitative estimate of drug-likeness (QED) is 0.292. The van der Waals surface area contributed by atoms with Crippen LogP contribution in [0.15, 0.2) is 103 Å². The van der Waals surface area contributed by atoms with Gasteiger partial charge in [0.15, 0.2) is 0 Å². The van der Waals surface area contributed by atoms with Crippen molar-refractivity contribution in [3.63, 3.8) is 0 Å². The number of pyridine rings is 1. The van der Waals surface area contributed by atoms with Gasteiger partial charge >= 0.3 is 0 Å². The number of hydrogen-bond acceptors (Lipinski definition) is 4. The molecule has 0 saturated heterocycles. The third kappa shape index (κ3) is 3.60. The van der Waals surface area contributed by atoms with Gasteiger partial charge in [0.05, 0.1) is 34.3 Å². The molecule has 1 aromatic heterocycles. The molecule has 36 heavy (non-hydrogen) atoms. The monoisotopic (exact) mass is 460 g/mol. The van der Waals surface area contributed by atoms with E-state index >= 15 is 0 Å². The highest BCUT2D eigenvalue weighted by Crippen LogP contribution is 2.35. The first-order valence-electron chi connectivity index (χ1n) is 11.6. The highest BCUT2D eigenvalue weighted by atomic mass is 14.7. The Bertz CT molecular complexity index is 1730. The third-order valence-electron chi connectivity index (χ3n) is 6.59. The topological polar surface area (TPSA) is 84.4 Å². The van der Waals surface area contributed by atoms with E-state index in [2.05, 4.69) is 54.6 Å². The Morgan fingerprint density at radius 3 is 1.72 bits per heavy atom. The molecule has 6 rings (SSSR count).